The second-order valence-electron chi connectivity index (χ2n) is 3.99. The highest BCUT2D eigenvalue weighted by atomic mass is 16.5. The number of aromatic nitrogens is 3. The fraction of sp³-hybridized carbons (Fsp3) is 0.308. The number of hydrogen-bond donors (Lipinski definition) is 1. The van der Waals surface area contributed by atoms with Gasteiger partial charge in [-0.2, -0.15) is 0 Å². The molecule has 0 aliphatic heterocycles. The molecule has 0 aliphatic rings. The molecule has 1 heterocycles. The van der Waals surface area contributed by atoms with Gasteiger partial charge in [0, 0.05) is 0 Å². The predicted octanol–water partition coefficient (Wildman–Crippen LogP) is 1.63. The van der Waals surface area contributed by atoms with E-state index in [1.165, 1.54) is 7.11 Å². The lowest BCUT2D eigenvalue weighted by Crippen LogP contribution is -2.30. The van der Waals surface area contributed by atoms with Crippen molar-refractivity contribution in [2.24, 2.45) is 0 Å². The maximum Gasteiger partial charge on any atom is 0.328 e. The summed E-state index contributed by atoms with van der Waals surface area (Å²) in [6.45, 7) is 1.92. The number of rotatable bonds is 5. The summed E-state index contributed by atoms with van der Waals surface area (Å²) in [6, 6.07) is 7.21. The van der Waals surface area contributed by atoms with E-state index in [4.69, 9.17) is 4.74 Å². The minimum absolute atomic E-state index is 0.282. The topological polar surface area (TPSA) is 69.0 Å². The van der Waals surface area contributed by atoms with Gasteiger partial charge in [-0.1, -0.05) is 24.3 Å². The zero-order chi connectivity index (χ0) is 13.7. The Hall–Kier alpha value is -2.37. The Morgan fingerprint density at radius 1 is 1.47 bits per heavy atom. The number of anilines is 1. The molecule has 2 aromatic rings. The number of benzene rings is 1. The third-order valence-corrected chi connectivity index (χ3v) is 2.80. The fourth-order valence-electron chi connectivity index (χ4n) is 1.79. The SMILES string of the molecule is CCC(Nc1ccccc1-n1ccnn1)C(=O)OC. The number of carbonyl (C=O) groups is 1. The van der Waals surface area contributed by atoms with Crippen LogP contribution in [0.3, 0.4) is 0 Å². The van der Waals surface area contributed by atoms with E-state index in [0.29, 0.717) is 6.42 Å². The lowest BCUT2D eigenvalue weighted by atomic mass is 10.2. The number of hydrogen-bond acceptors (Lipinski definition) is 5. The molecule has 0 saturated heterocycles. The maximum absolute atomic E-state index is 11.6. The summed E-state index contributed by atoms with van der Waals surface area (Å²) in [4.78, 5) is 11.6. The number of methoxy groups -OCH3 is 1. The summed E-state index contributed by atoms with van der Waals surface area (Å²) in [5, 5.41) is 10.9. The lowest BCUT2D eigenvalue weighted by molar-refractivity contribution is -0.141. The molecule has 0 amide bonds. The molecule has 0 aliphatic carbocycles. The Balaban J connectivity index is 2.28. The smallest absolute Gasteiger partial charge is 0.328 e. The molecule has 1 atom stereocenters. The van der Waals surface area contributed by atoms with Crippen LogP contribution in [0.5, 0.6) is 0 Å². The van der Waals surface area contributed by atoms with Crippen molar-refractivity contribution >= 4 is 11.7 Å². The van der Waals surface area contributed by atoms with Crippen molar-refractivity contribution in [1.29, 1.82) is 0 Å². The quantitative estimate of drug-likeness (QED) is 0.827. The van der Waals surface area contributed by atoms with Gasteiger partial charge in [-0.05, 0) is 18.6 Å². The Morgan fingerprint density at radius 3 is 2.89 bits per heavy atom. The Bertz CT molecular complexity index is 539. The molecule has 2 rings (SSSR count). The third-order valence-electron chi connectivity index (χ3n) is 2.80. The van der Waals surface area contributed by atoms with Crippen LogP contribution in [-0.2, 0) is 9.53 Å². The van der Waals surface area contributed by atoms with Crippen molar-refractivity contribution in [2.75, 3.05) is 12.4 Å². The average molecular weight is 260 g/mol. The summed E-state index contributed by atoms with van der Waals surface area (Å²) in [6.07, 6.45) is 3.99. The van der Waals surface area contributed by atoms with Gasteiger partial charge in [0.2, 0.25) is 0 Å². The zero-order valence-electron chi connectivity index (χ0n) is 10.9. The van der Waals surface area contributed by atoms with Gasteiger partial charge in [0.1, 0.15) is 6.04 Å². The van der Waals surface area contributed by atoms with Gasteiger partial charge in [-0.3, -0.25) is 0 Å². The molecule has 0 spiro atoms. The van der Waals surface area contributed by atoms with Gasteiger partial charge < -0.3 is 10.1 Å². The van der Waals surface area contributed by atoms with Crippen molar-refractivity contribution in [2.45, 2.75) is 19.4 Å². The van der Waals surface area contributed by atoms with Crippen molar-refractivity contribution in [3.05, 3.63) is 36.7 Å². The second-order valence-corrected chi connectivity index (χ2v) is 3.99. The van der Waals surface area contributed by atoms with E-state index in [-0.39, 0.29) is 12.0 Å². The Kier molecular flexibility index (Phi) is 4.12. The molecule has 1 aromatic carbocycles. The van der Waals surface area contributed by atoms with Gasteiger partial charge in [-0.15, -0.1) is 5.10 Å². The largest absolute Gasteiger partial charge is 0.467 e. The maximum atomic E-state index is 11.6. The lowest BCUT2D eigenvalue weighted by Gasteiger charge is -2.18. The van der Waals surface area contributed by atoms with Crippen LogP contribution >= 0.6 is 0 Å². The summed E-state index contributed by atoms with van der Waals surface area (Å²) in [7, 11) is 1.38. The normalized spacial score (nSPS) is 11.9. The Morgan fingerprint density at radius 2 is 2.26 bits per heavy atom. The van der Waals surface area contributed by atoms with Crippen molar-refractivity contribution in [3.8, 4) is 5.69 Å². The van der Waals surface area contributed by atoms with E-state index in [1.807, 2.05) is 31.2 Å². The zero-order valence-corrected chi connectivity index (χ0v) is 10.9. The summed E-state index contributed by atoms with van der Waals surface area (Å²) in [5.74, 6) is -0.282. The van der Waals surface area contributed by atoms with Crippen LogP contribution in [-0.4, -0.2) is 34.1 Å². The molecule has 100 valence electrons. The molecule has 0 saturated carbocycles. The average Bonchev–Trinajstić information content (AvgIpc) is 2.98. The van der Waals surface area contributed by atoms with Crippen LogP contribution in [0.15, 0.2) is 36.7 Å². The van der Waals surface area contributed by atoms with Crippen molar-refractivity contribution in [1.82, 2.24) is 15.0 Å². The van der Waals surface area contributed by atoms with Gasteiger partial charge >= 0.3 is 5.97 Å². The summed E-state index contributed by atoms with van der Waals surface area (Å²) < 4.78 is 6.41. The molecule has 6 heteroatoms. The summed E-state index contributed by atoms with van der Waals surface area (Å²) >= 11 is 0. The van der Waals surface area contributed by atoms with Crippen LogP contribution in [0.2, 0.25) is 0 Å². The van der Waals surface area contributed by atoms with Gasteiger partial charge in [0.05, 0.1) is 30.9 Å². The predicted molar refractivity (Wildman–Crippen MR) is 71.1 cm³/mol. The fourth-order valence-corrected chi connectivity index (χ4v) is 1.79. The van der Waals surface area contributed by atoms with Crippen LogP contribution < -0.4 is 5.32 Å². The number of nitrogens with one attached hydrogen (secondary N) is 1. The van der Waals surface area contributed by atoms with E-state index in [9.17, 15) is 4.79 Å². The van der Waals surface area contributed by atoms with Crippen molar-refractivity contribution in [3.63, 3.8) is 0 Å². The number of esters is 1. The third kappa shape index (κ3) is 2.90. The first-order valence-electron chi connectivity index (χ1n) is 6.06. The highest BCUT2D eigenvalue weighted by Crippen LogP contribution is 2.20. The van der Waals surface area contributed by atoms with E-state index >= 15 is 0 Å². The molecule has 0 radical (unpaired) electrons. The van der Waals surface area contributed by atoms with Crippen LogP contribution in [0.25, 0.3) is 5.69 Å². The number of carbonyl (C=O) groups excluding carboxylic acids is 1. The second kappa shape index (κ2) is 5.99. The number of nitrogens with zero attached hydrogens (tertiary/aromatic N) is 3. The van der Waals surface area contributed by atoms with E-state index in [1.54, 1.807) is 17.1 Å². The highest BCUT2D eigenvalue weighted by molar-refractivity contribution is 5.80. The van der Waals surface area contributed by atoms with Crippen LogP contribution in [0.4, 0.5) is 5.69 Å². The minimum Gasteiger partial charge on any atom is -0.467 e. The van der Waals surface area contributed by atoms with E-state index in [2.05, 4.69) is 15.6 Å². The molecular weight excluding hydrogens is 244 g/mol. The molecule has 19 heavy (non-hydrogen) atoms. The minimum atomic E-state index is -0.380. The monoisotopic (exact) mass is 260 g/mol. The summed E-state index contributed by atoms with van der Waals surface area (Å²) in [5.41, 5.74) is 1.65. The number of para-hydroxylation sites is 2. The molecule has 0 bridgehead atoms. The highest BCUT2D eigenvalue weighted by Gasteiger charge is 2.18. The first kappa shape index (κ1) is 13.1. The van der Waals surface area contributed by atoms with Crippen molar-refractivity contribution < 1.29 is 9.53 Å². The molecule has 6 nitrogen and oxygen atoms in total. The molecule has 1 aromatic heterocycles. The first-order valence-corrected chi connectivity index (χ1v) is 6.06. The van der Waals surface area contributed by atoms with Gasteiger partial charge in [0.25, 0.3) is 0 Å². The molecular formula is C13H16N4O2. The molecule has 1 N–H and O–H groups in total. The van der Waals surface area contributed by atoms with Gasteiger partial charge in [0.15, 0.2) is 0 Å². The van der Waals surface area contributed by atoms with Crippen LogP contribution in [0.1, 0.15) is 13.3 Å². The standard InChI is InChI=1S/C13H16N4O2/c1-3-10(13(18)19-2)15-11-6-4-5-7-12(11)17-9-8-14-16-17/h4-10,15H,3H2,1-2H3. The Labute approximate surface area is 111 Å². The number of ether oxygens (including phenoxy) is 1. The molecule has 0 fully saturated rings. The van der Waals surface area contributed by atoms with Gasteiger partial charge in [-0.25, -0.2) is 9.48 Å². The van der Waals surface area contributed by atoms with E-state index < -0.39 is 0 Å². The first-order chi connectivity index (χ1) is 9.26. The van der Waals surface area contributed by atoms with E-state index in [0.717, 1.165) is 11.4 Å². The molecule has 1 unspecified atom stereocenters. The van der Waals surface area contributed by atoms with Crippen LogP contribution in [0, 0.1) is 0 Å².